The molecule has 1 saturated heterocycles. The average molecular weight is 299 g/mol. The number of nitrogens with two attached hydrogens (primary N) is 1. The third-order valence-corrected chi connectivity index (χ3v) is 3.62. The van der Waals surface area contributed by atoms with Crippen LogP contribution in [-0.2, 0) is 9.53 Å². The Morgan fingerprint density at radius 2 is 2.29 bits per heavy atom. The normalized spacial score (nSPS) is 17.4. The summed E-state index contributed by atoms with van der Waals surface area (Å²) in [6, 6.07) is 5.69. The van der Waals surface area contributed by atoms with Crippen LogP contribution in [0, 0.1) is 6.92 Å². The molecule has 0 aliphatic carbocycles. The molecule has 1 heterocycles. The molecule has 1 aliphatic heterocycles. The summed E-state index contributed by atoms with van der Waals surface area (Å²) in [5.74, 6) is -0.0717. The van der Waals surface area contributed by atoms with Gasteiger partial charge in [0.25, 0.3) is 0 Å². The van der Waals surface area contributed by atoms with Gasteiger partial charge in [0.2, 0.25) is 5.91 Å². The number of halogens is 1. The van der Waals surface area contributed by atoms with E-state index in [4.69, 9.17) is 10.5 Å². The lowest BCUT2D eigenvalue weighted by Crippen LogP contribution is -2.58. The summed E-state index contributed by atoms with van der Waals surface area (Å²) in [4.78, 5) is 11.8. The van der Waals surface area contributed by atoms with E-state index in [9.17, 15) is 4.79 Å². The van der Waals surface area contributed by atoms with Crippen molar-refractivity contribution in [2.45, 2.75) is 18.9 Å². The second-order valence-electron chi connectivity index (χ2n) is 4.54. The van der Waals surface area contributed by atoms with Gasteiger partial charge in [-0.25, -0.2) is 0 Å². The first-order valence-electron chi connectivity index (χ1n) is 5.41. The van der Waals surface area contributed by atoms with E-state index >= 15 is 0 Å². The maximum absolute atomic E-state index is 11.8. The van der Waals surface area contributed by atoms with E-state index < -0.39 is 5.54 Å². The van der Waals surface area contributed by atoms with Gasteiger partial charge in [-0.2, -0.15) is 0 Å². The van der Waals surface area contributed by atoms with Crippen LogP contribution in [0.25, 0.3) is 0 Å². The summed E-state index contributed by atoms with van der Waals surface area (Å²) in [5, 5.41) is 2.84. The van der Waals surface area contributed by atoms with Crippen molar-refractivity contribution < 1.29 is 9.53 Å². The van der Waals surface area contributed by atoms with E-state index in [-0.39, 0.29) is 5.91 Å². The molecule has 2 rings (SSSR count). The third kappa shape index (κ3) is 3.06. The molecule has 1 aromatic carbocycles. The maximum Gasteiger partial charge on any atom is 0.226 e. The zero-order valence-corrected chi connectivity index (χ0v) is 11.2. The molecule has 0 unspecified atom stereocenters. The minimum atomic E-state index is -0.478. The molecule has 4 nitrogen and oxygen atoms in total. The van der Waals surface area contributed by atoms with Gasteiger partial charge < -0.3 is 15.8 Å². The average Bonchev–Trinajstić information content (AvgIpc) is 2.21. The van der Waals surface area contributed by atoms with E-state index in [1.165, 1.54) is 0 Å². The van der Waals surface area contributed by atoms with Gasteiger partial charge in [-0.15, -0.1) is 0 Å². The van der Waals surface area contributed by atoms with Crippen molar-refractivity contribution in [1.29, 1.82) is 0 Å². The van der Waals surface area contributed by atoms with Crippen molar-refractivity contribution in [3.8, 4) is 0 Å². The number of anilines is 1. The Kier molecular flexibility index (Phi) is 3.51. The predicted octanol–water partition coefficient (Wildman–Crippen LogP) is 1.81. The van der Waals surface area contributed by atoms with Crippen LogP contribution in [0.3, 0.4) is 0 Å². The van der Waals surface area contributed by atoms with E-state index in [1.807, 2.05) is 25.1 Å². The molecule has 0 radical (unpaired) electrons. The van der Waals surface area contributed by atoms with Gasteiger partial charge in [0.05, 0.1) is 18.8 Å². The fourth-order valence-electron chi connectivity index (χ4n) is 1.71. The highest BCUT2D eigenvalue weighted by Gasteiger charge is 2.36. The highest BCUT2D eigenvalue weighted by molar-refractivity contribution is 9.10. The van der Waals surface area contributed by atoms with Crippen molar-refractivity contribution in [3.05, 3.63) is 28.2 Å². The second-order valence-corrected chi connectivity index (χ2v) is 5.40. The molecular weight excluding hydrogens is 284 g/mol. The van der Waals surface area contributed by atoms with Crippen LogP contribution < -0.4 is 11.1 Å². The summed E-state index contributed by atoms with van der Waals surface area (Å²) in [7, 11) is 0. The first-order chi connectivity index (χ1) is 7.98. The Balaban J connectivity index is 1.95. The number of hydrogen-bond acceptors (Lipinski definition) is 3. The molecule has 17 heavy (non-hydrogen) atoms. The number of aryl methyl sites for hydroxylation is 1. The number of hydrogen-bond donors (Lipinski definition) is 2. The quantitative estimate of drug-likeness (QED) is 0.894. The lowest BCUT2D eigenvalue weighted by molar-refractivity contribution is -0.123. The highest BCUT2D eigenvalue weighted by atomic mass is 79.9. The fourth-order valence-corrected chi connectivity index (χ4v) is 1.96. The van der Waals surface area contributed by atoms with Crippen LogP contribution in [0.4, 0.5) is 5.69 Å². The molecule has 3 N–H and O–H groups in total. The Bertz CT molecular complexity index is 444. The van der Waals surface area contributed by atoms with Gasteiger partial charge in [0.1, 0.15) is 0 Å². The smallest absolute Gasteiger partial charge is 0.226 e. The molecular formula is C12H15BrN2O2. The third-order valence-electron chi connectivity index (χ3n) is 2.73. The van der Waals surface area contributed by atoms with E-state index in [1.54, 1.807) is 0 Å². The van der Waals surface area contributed by atoms with Crippen LogP contribution in [0.15, 0.2) is 22.7 Å². The molecule has 0 saturated carbocycles. The molecule has 1 aromatic rings. The van der Waals surface area contributed by atoms with Gasteiger partial charge in [-0.05, 0) is 30.7 Å². The van der Waals surface area contributed by atoms with Crippen LogP contribution >= 0.6 is 15.9 Å². The van der Waals surface area contributed by atoms with Crippen LogP contribution in [-0.4, -0.2) is 24.7 Å². The lowest BCUT2D eigenvalue weighted by Gasteiger charge is -2.37. The van der Waals surface area contributed by atoms with E-state index in [0.717, 1.165) is 15.7 Å². The largest absolute Gasteiger partial charge is 0.377 e. The van der Waals surface area contributed by atoms with Gasteiger partial charge in [-0.3, -0.25) is 4.79 Å². The van der Waals surface area contributed by atoms with Gasteiger partial charge >= 0.3 is 0 Å². The molecule has 1 amide bonds. The Morgan fingerprint density at radius 3 is 2.82 bits per heavy atom. The number of rotatable bonds is 3. The summed E-state index contributed by atoms with van der Waals surface area (Å²) in [6.45, 7) is 2.89. The maximum atomic E-state index is 11.8. The first-order valence-corrected chi connectivity index (χ1v) is 6.20. The van der Waals surface area contributed by atoms with Crippen molar-refractivity contribution in [2.24, 2.45) is 5.73 Å². The van der Waals surface area contributed by atoms with Gasteiger partial charge in [0, 0.05) is 16.6 Å². The summed E-state index contributed by atoms with van der Waals surface area (Å²) in [6.07, 6.45) is 0.294. The second kappa shape index (κ2) is 4.76. The Labute approximate surface area is 109 Å². The predicted molar refractivity (Wildman–Crippen MR) is 69.9 cm³/mol. The zero-order valence-electron chi connectivity index (χ0n) is 9.63. The molecule has 1 aliphatic rings. The number of carbonyl (C=O) groups excluding carboxylic acids is 1. The first kappa shape index (κ1) is 12.5. The Morgan fingerprint density at radius 1 is 1.59 bits per heavy atom. The van der Waals surface area contributed by atoms with E-state index in [0.29, 0.717) is 19.6 Å². The SMILES string of the molecule is Cc1cc(NC(=O)CC2(N)COC2)ccc1Br. The number of amides is 1. The fraction of sp³-hybridized carbons (Fsp3) is 0.417. The van der Waals surface area contributed by atoms with Gasteiger partial charge in [-0.1, -0.05) is 15.9 Å². The minimum absolute atomic E-state index is 0.0717. The van der Waals surface area contributed by atoms with Crippen molar-refractivity contribution in [3.63, 3.8) is 0 Å². The topological polar surface area (TPSA) is 64.4 Å². The molecule has 5 heteroatoms. The summed E-state index contributed by atoms with van der Waals surface area (Å²) in [5.41, 5.74) is 7.31. The summed E-state index contributed by atoms with van der Waals surface area (Å²) >= 11 is 3.42. The molecule has 0 atom stereocenters. The number of carbonyl (C=O) groups is 1. The number of benzene rings is 1. The van der Waals surface area contributed by atoms with Crippen molar-refractivity contribution in [2.75, 3.05) is 18.5 Å². The van der Waals surface area contributed by atoms with Crippen LogP contribution in [0.1, 0.15) is 12.0 Å². The van der Waals surface area contributed by atoms with Gasteiger partial charge in [0.15, 0.2) is 0 Å². The molecule has 92 valence electrons. The zero-order chi connectivity index (χ0) is 12.5. The molecule has 0 spiro atoms. The molecule has 0 bridgehead atoms. The molecule has 0 aromatic heterocycles. The number of ether oxygens (including phenoxy) is 1. The minimum Gasteiger partial charge on any atom is -0.377 e. The molecule has 1 fully saturated rings. The Hall–Kier alpha value is -0.910. The lowest BCUT2D eigenvalue weighted by atomic mass is 9.94. The van der Waals surface area contributed by atoms with Crippen molar-refractivity contribution in [1.82, 2.24) is 0 Å². The number of nitrogens with one attached hydrogen (secondary N) is 1. The summed E-state index contributed by atoms with van der Waals surface area (Å²) < 4.78 is 6.04. The van der Waals surface area contributed by atoms with E-state index in [2.05, 4.69) is 21.2 Å². The van der Waals surface area contributed by atoms with Crippen molar-refractivity contribution >= 4 is 27.5 Å². The van der Waals surface area contributed by atoms with Crippen LogP contribution in [0.5, 0.6) is 0 Å². The van der Waals surface area contributed by atoms with Crippen LogP contribution in [0.2, 0.25) is 0 Å². The highest BCUT2D eigenvalue weighted by Crippen LogP contribution is 2.22. The standard InChI is InChI=1S/C12H15BrN2O2/c1-8-4-9(2-3-10(8)13)15-11(16)5-12(14)6-17-7-12/h2-4H,5-7,14H2,1H3,(H,15,16). The monoisotopic (exact) mass is 298 g/mol.